The number of hydrogen-bond acceptors (Lipinski definition) is 12. The Balaban J connectivity index is -0.000000142. The van der Waals surface area contributed by atoms with Gasteiger partial charge in [0, 0.05) is 24.3 Å². The quantitative estimate of drug-likeness (QED) is 0.0145. The summed E-state index contributed by atoms with van der Waals surface area (Å²) in [6, 6.07) is 0. The molecule has 548 valence electrons. The van der Waals surface area contributed by atoms with Gasteiger partial charge in [-0.3, -0.25) is 0 Å². The first kappa shape index (κ1) is 112. The van der Waals surface area contributed by atoms with Gasteiger partial charge in [0.2, 0.25) is 0 Å². The molecule has 0 aromatic rings. The van der Waals surface area contributed by atoms with Gasteiger partial charge in [0.05, 0.1) is 26.4 Å². The minimum atomic E-state index is -0.260. The van der Waals surface area contributed by atoms with E-state index in [4.69, 9.17) is 69.5 Å². The molecule has 0 aromatic carbocycles. The van der Waals surface area contributed by atoms with Crippen molar-refractivity contribution in [3.63, 3.8) is 0 Å². The maximum Gasteiger partial charge on any atom is 2.00 e. The zero-order valence-corrected chi connectivity index (χ0v) is 69.4. The van der Waals surface area contributed by atoms with Crippen LogP contribution in [0, 0.1) is 0 Å². The van der Waals surface area contributed by atoms with Crippen LogP contribution in [-0.4, -0.2) is 121 Å². The molecular formula is C78H150O8S5Sn2. The van der Waals surface area contributed by atoms with Gasteiger partial charge in [0.25, 0.3) is 0 Å². The summed E-state index contributed by atoms with van der Waals surface area (Å²) in [5, 5.41) is 0. The molecule has 0 atom stereocenters. The molecule has 0 aliphatic rings. The fourth-order valence-electron chi connectivity index (χ4n) is 9.89. The number of hydrogen-bond donors (Lipinski definition) is 0. The molecule has 0 rings (SSSR count). The van der Waals surface area contributed by atoms with Gasteiger partial charge < -0.3 is 69.5 Å². The van der Waals surface area contributed by atoms with Crippen molar-refractivity contribution in [2.24, 2.45) is 0 Å². The molecule has 0 N–H and O–H groups in total. The second-order valence-corrected chi connectivity index (χ2v) is 25.4. The Bertz CT molecular complexity index is 1290. The van der Waals surface area contributed by atoms with Crippen LogP contribution in [0.1, 0.15) is 376 Å². The van der Waals surface area contributed by atoms with E-state index >= 15 is 0 Å². The van der Waals surface area contributed by atoms with Crippen LogP contribution in [0.15, 0.2) is 48.6 Å². The van der Waals surface area contributed by atoms with E-state index in [1.54, 1.807) is 0 Å². The average molecular weight is 1610 g/mol. The fraction of sp³-hybridized carbons (Fsp3) is 0.846. The van der Waals surface area contributed by atoms with Crippen molar-refractivity contribution in [3.05, 3.63) is 48.6 Å². The van der Waals surface area contributed by atoms with Crippen molar-refractivity contribution >= 4 is 136 Å². The zero-order chi connectivity index (χ0) is 65.2. The van der Waals surface area contributed by atoms with Gasteiger partial charge in [-0.25, -0.2) is 19.2 Å². The summed E-state index contributed by atoms with van der Waals surface area (Å²) >= 11 is 18.9. The molecule has 0 saturated carbocycles. The summed E-state index contributed by atoms with van der Waals surface area (Å²) in [7, 11) is 0. The van der Waals surface area contributed by atoms with Gasteiger partial charge in [-0.2, -0.15) is 13.5 Å². The van der Waals surface area contributed by atoms with Crippen molar-refractivity contribution in [2.75, 3.05) is 49.4 Å². The third-order valence-electron chi connectivity index (χ3n) is 15.2. The predicted molar refractivity (Wildman–Crippen MR) is 427 cm³/mol. The van der Waals surface area contributed by atoms with Gasteiger partial charge in [-0.1, -0.05) is 349 Å². The van der Waals surface area contributed by atoms with Gasteiger partial charge in [0.1, 0.15) is 0 Å². The summed E-state index contributed by atoms with van der Waals surface area (Å²) in [5.74, 6) is 0.841. The molecule has 8 nitrogen and oxygen atoms in total. The first-order valence-electron chi connectivity index (χ1n) is 36.9. The number of allylic oxidation sites excluding steroid dienone is 4. The van der Waals surface area contributed by atoms with Crippen LogP contribution < -0.4 is 0 Å². The molecule has 93 heavy (non-hydrogen) atoms. The van der Waals surface area contributed by atoms with Crippen LogP contribution in [0.3, 0.4) is 0 Å². The number of esters is 4. The van der Waals surface area contributed by atoms with Crippen LogP contribution in [0.25, 0.3) is 0 Å². The first-order valence-corrected chi connectivity index (χ1v) is 39.2. The molecule has 0 bridgehead atoms. The van der Waals surface area contributed by atoms with E-state index in [1.165, 1.54) is 333 Å². The Morgan fingerprint density at radius 1 is 0.237 bits per heavy atom. The third-order valence-corrected chi connectivity index (χ3v) is 15.9. The second kappa shape index (κ2) is 108. The van der Waals surface area contributed by atoms with Gasteiger partial charge >= 0.3 is 71.7 Å². The maximum atomic E-state index is 11.2. The molecule has 0 aliphatic carbocycles. The van der Waals surface area contributed by atoms with E-state index in [0.29, 0.717) is 49.4 Å². The number of ether oxygens (including phenoxy) is 4. The first-order chi connectivity index (χ1) is 43.2. The minimum absolute atomic E-state index is 0. The maximum absolute atomic E-state index is 11.2. The Labute approximate surface area is 642 Å². The monoisotopic (exact) mass is 1610 g/mol. The third kappa shape index (κ3) is 117. The number of rotatable bonds is 64. The number of carbonyl (C=O) groups is 4. The van der Waals surface area contributed by atoms with E-state index in [0.717, 1.165) is 25.7 Å². The molecule has 0 amide bonds. The van der Waals surface area contributed by atoms with Crippen LogP contribution in [0.5, 0.6) is 0 Å². The standard InChI is InChI=1S/4C19H36O2S.2CH4.H2S.2Sn/c4*1-2-3-4-5-6-7-8-9-10-11-12-13-14-15-16-19(20)21-17-18-22;;;;;/h4*15-16,22H,2-14,17-18H2,1H3;2*1H4;1H2;;/q;;;;;;;2*+2/p-4/b4*16-15+;;;;;. The summed E-state index contributed by atoms with van der Waals surface area (Å²) in [4.78, 5) is 44.7. The summed E-state index contributed by atoms with van der Waals surface area (Å²) in [5.41, 5.74) is 0. The molecule has 0 heterocycles. The Hall–Kier alpha value is 0.187. The van der Waals surface area contributed by atoms with Gasteiger partial charge in [0.15, 0.2) is 0 Å². The van der Waals surface area contributed by atoms with Crippen molar-refractivity contribution in [1.29, 1.82) is 0 Å². The Morgan fingerprint density at radius 2 is 0.355 bits per heavy atom. The summed E-state index contributed by atoms with van der Waals surface area (Å²) < 4.78 is 19.5. The molecule has 0 aromatic heterocycles. The zero-order valence-electron chi connectivity index (χ0n) is 59.4. The number of unbranched alkanes of at least 4 members (excludes halogenated alkanes) is 48. The van der Waals surface area contributed by atoms with E-state index in [2.05, 4.69) is 27.7 Å². The smallest absolute Gasteiger partial charge is 0.789 e. The van der Waals surface area contributed by atoms with Crippen LogP contribution in [0.2, 0.25) is 0 Å². The van der Waals surface area contributed by atoms with E-state index in [1.807, 2.05) is 24.3 Å². The van der Waals surface area contributed by atoms with Crippen LogP contribution in [0.4, 0.5) is 0 Å². The van der Waals surface area contributed by atoms with Crippen molar-refractivity contribution in [3.8, 4) is 0 Å². The largest absolute Gasteiger partial charge is 2.00 e. The van der Waals surface area contributed by atoms with Crippen molar-refractivity contribution < 1.29 is 38.1 Å². The topological polar surface area (TPSA) is 105 Å². The van der Waals surface area contributed by atoms with Crippen LogP contribution in [-0.2, 0) is 88.6 Å². The SMILES string of the molecule is C.C.CCCCCCCCCCCCCC/C=C/C(=O)OCC[S-].CCCCCCCCCCCCCC/C=C/C(=O)OCC[S-].CCCCCCCCCCCCCC/C=C/C(=O)OCC[S-].CCCCCCCCCCCCCC/C=C/C(=O)OCC[S-].S.[Sn+2].[Sn+2]. The second-order valence-electron chi connectivity index (χ2n) is 23.8. The molecule has 0 saturated heterocycles. The molecule has 4 radical (unpaired) electrons. The Morgan fingerprint density at radius 3 is 0.473 bits per heavy atom. The van der Waals surface area contributed by atoms with E-state index in [-0.39, 0.29) is 100 Å². The molecule has 0 fully saturated rings. The van der Waals surface area contributed by atoms with Gasteiger partial charge in [-0.05, 0) is 51.4 Å². The van der Waals surface area contributed by atoms with Crippen molar-refractivity contribution in [2.45, 2.75) is 376 Å². The average Bonchev–Trinajstić information content (AvgIpc) is 3.56. The van der Waals surface area contributed by atoms with E-state index < -0.39 is 0 Å². The molecular weight excluding hydrogens is 1460 g/mol. The molecule has 0 unspecified atom stereocenters. The summed E-state index contributed by atoms with van der Waals surface area (Å²) in [6.45, 7) is 10.4. The Kier molecular flexibility index (Phi) is 130. The minimum Gasteiger partial charge on any atom is -0.789 e. The van der Waals surface area contributed by atoms with Crippen LogP contribution >= 0.6 is 13.5 Å². The molecule has 0 spiro atoms. The van der Waals surface area contributed by atoms with E-state index in [9.17, 15) is 19.2 Å². The predicted octanol–water partition coefficient (Wildman–Crippen LogP) is 23.5. The van der Waals surface area contributed by atoms with Crippen molar-refractivity contribution in [1.82, 2.24) is 0 Å². The van der Waals surface area contributed by atoms with Gasteiger partial charge in [-0.15, -0.1) is 23.0 Å². The fourth-order valence-corrected chi connectivity index (χ4v) is 10.2. The number of carbonyl (C=O) groups excluding carboxylic acids is 4. The molecule has 15 heteroatoms. The molecule has 0 aliphatic heterocycles. The summed E-state index contributed by atoms with van der Waals surface area (Å²) in [6.07, 6.45) is 83.0. The normalized spacial score (nSPS) is 10.6.